The third kappa shape index (κ3) is 4.32. The zero-order valence-corrected chi connectivity index (χ0v) is 12.2. The highest BCUT2D eigenvalue weighted by Crippen LogP contribution is 2.32. The number of nitrogens with one attached hydrogen (secondary N) is 1. The molecule has 0 aliphatic heterocycles. The lowest BCUT2D eigenvalue weighted by molar-refractivity contribution is -0.121. The normalized spacial score (nSPS) is 22.5. The van der Waals surface area contributed by atoms with Crippen LogP contribution in [-0.2, 0) is 4.79 Å². The number of amides is 1. The van der Waals surface area contributed by atoms with Gasteiger partial charge in [-0.1, -0.05) is 32.3 Å². The molecule has 1 aliphatic carbocycles. The van der Waals surface area contributed by atoms with E-state index in [4.69, 9.17) is 0 Å². The van der Waals surface area contributed by atoms with Crippen LogP contribution in [0.3, 0.4) is 0 Å². The lowest BCUT2D eigenvalue weighted by Crippen LogP contribution is -2.27. The highest BCUT2D eigenvalue weighted by Gasteiger charge is 2.25. The van der Waals surface area contributed by atoms with Crippen LogP contribution in [0.5, 0.6) is 0 Å². The van der Waals surface area contributed by atoms with Crippen molar-refractivity contribution < 1.29 is 9.18 Å². The standard InChI is InChI=1S/C17H24FNO/c1-2-3-5-13-8-10-14(11-9-13)17(20)19-16-7-4-6-15(18)12-16/h4,6-7,12-14H,2-3,5,8-11H2,1H3,(H,19,20). The minimum absolute atomic E-state index is 0.0459. The first-order chi connectivity index (χ1) is 9.69. The molecule has 0 saturated heterocycles. The second-order valence-corrected chi connectivity index (χ2v) is 5.86. The maximum atomic E-state index is 13.1. The molecule has 0 bridgehead atoms. The second-order valence-electron chi connectivity index (χ2n) is 5.86. The van der Waals surface area contributed by atoms with E-state index in [9.17, 15) is 9.18 Å². The van der Waals surface area contributed by atoms with Crippen molar-refractivity contribution in [2.75, 3.05) is 5.32 Å². The van der Waals surface area contributed by atoms with Gasteiger partial charge in [0.05, 0.1) is 0 Å². The maximum absolute atomic E-state index is 13.1. The van der Waals surface area contributed by atoms with Crippen molar-refractivity contribution >= 4 is 11.6 Å². The van der Waals surface area contributed by atoms with Crippen LogP contribution in [0.25, 0.3) is 0 Å². The molecule has 0 spiro atoms. The Kier molecular flexibility index (Phi) is 5.57. The fourth-order valence-corrected chi connectivity index (χ4v) is 3.02. The molecular formula is C17H24FNO. The van der Waals surface area contributed by atoms with Gasteiger partial charge >= 0.3 is 0 Å². The van der Waals surface area contributed by atoms with Crippen LogP contribution in [0.15, 0.2) is 24.3 Å². The summed E-state index contributed by atoms with van der Waals surface area (Å²) in [6, 6.07) is 6.10. The van der Waals surface area contributed by atoms with E-state index in [1.54, 1.807) is 12.1 Å². The summed E-state index contributed by atoms with van der Waals surface area (Å²) in [5, 5.41) is 2.83. The third-order valence-corrected chi connectivity index (χ3v) is 4.28. The number of benzene rings is 1. The molecule has 2 nitrogen and oxygen atoms in total. The first-order valence-electron chi connectivity index (χ1n) is 7.75. The molecule has 110 valence electrons. The number of hydrogen-bond acceptors (Lipinski definition) is 1. The summed E-state index contributed by atoms with van der Waals surface area (Å²) in [6.45, 7) is 2.22. The Morgan fingerprint density at radius 3 is 2.70 bits per heavy atom. The third-order valence-electron chi connectivity index (χ3n) is 4.28. The quantitative estimate of drug-likeness (QED) is 0.826. The number of carbonyl (C=O) groups is 1. The number of carbonyl (C=O) groups excluding carboxylic acids is 1. The lowest BCUT2D eigenvalue weighted by atomic mass is 9.79. The molecule has 0 atom stereocenters. The van der Waals surface area contributed by atoms with Gasteiger partial charge in [-0.3, -0.25) is 4.79 Å². The van der Waals surface area contributed by atoms with E-state index >= 15 is 0 Å². The van der Waals surface area contributed by atoms with Crippen LogP contribution in [0.1, 0.15) is 51.9 Å². The summed E-state index contributed by atoms with van der Waals surface area (Å²) < 4.78 is 13.1. The van der Waals surface area contributed by atoms with E-state index in [2.05, 4.69) is 12.2 Å². The van der Waals surface area contributed by atoms with E-state index in [1.165, 1.54) is 31.4 Å². The van der Waals surface area contributed by atoms with Crippen molar-refractivity contribution in [1.82, 2.24) is 0 Å². The van der Waals surface area contributed by atoms with Gasteiger partial charge in [0.1, 0.15) is 5.82 Å². The van der Waals surface area contributed by atoms with E-state index in [0.29, 0.717) is 5.69 Å². The smallest absolute Gasteiger partial charge is 0.227 e. The molecule has 3 heteroatoms. The predicted molar refractivity (Wildman–Crippen MR) is 80.0 cm³/mol. The Morgan fingerprint density at radius 2 is 2.05 bits per heavy atom. The molecule has 0 radical (unpaired) electrons. The van der Waals surface area contributed by atoms with Crippen molar-refractivity contribution in [3.63, 3.8) is 0 Å². The zero-order valence-electron chi connectivity index (χ0n) is 12.2. The maximum Gasteiger partial charge on any atom is 0.227 e. The van der Waals surface area contributed by atoms with Crippen LogP contribution in [0.2, 0.25) is 0 Å². The van der Waals surface area contributed by atoms with Gasteiger partial charge in [0, 0.05) is 11.6 Å². The monoisotopic (exact) mass is 277 g/mol. The number of rotatable bonds is 5. The highest BCUT2D eigenvalue weighted by molar-refractivity contribution is 5.92. The number of unbranched alkanes of at least 4 members (excludes halogenated alkanes) is 1. The average Bonchev–Trinajstić information content (AvgIpc) is 2.45. The SMILES string of the molecule is CCCCC1CCC(C(=O)Nc2cccc(F)c2)CC1. The van der Waals surface area contributed by atoms with Crippen LogP contribution in [-0.4, -0.2) is 5.91 Å². The second kappa shape index (κ2) is 7.41. The summed E-state index contributed by atoms with van der Waals surface area (Å²) in [5.41, 5.74) is 0.558. The highest BCUT2D eigenvalue weighted by atomic mass is 19.1. The van der Waals surface area contributed by atoms with Crippen LogP contribution in [0, 0.1) is 17.7 Å². The Hall–Kier alpha value is -1.38. The summed E-state index contributed by atoms with van der Waals surface area (Å²) in [6.07, 6.45) is 8.09. The molecule has 1 fully saturated rings. The lowest BCUT2D eigenvalue weighted by Gasteiger charge is -2.27. The Bertz CT molecular complexity index is 438. The van der Waals surface area contributed by atoms with Gasteiger partial charge in [-0.2, -0.15) is 0 Å². The molecule has 0 heterocycles. The largest absolute Gasteiger partial charge is 0.326 e. The van der Waals surface area contributed by atoms with E-state index in [-0.39, 0.29) is 17.6 Å². The van der Waals surface area contributed by atoms with Gasteiger partial charge in [0.2, 0.25) is 5.91 Å². The molecule has 1 aromatic rings. The first kappa shape index (κ1) is 15.0. The minimum Gasteiger partial charge on any atom is -0.326 e. The molecule has 1 amide bonds. The molecule has 1 aromatic carbocycles. The van der Waals surface area contributed by atoms with Gasteiger partial charge in [-0.05, 0) is 49.8 Å². The molecule has 0 aromatic heterocycles. The van der Waals surface area contributed by atoms with Crippen molar-refractivity contribution in [3.05, 3.63) is 30.1 Å². The summed E-state index contributed by atoms with van der Waals surface area (Å²) in [4.78, 5) is 12.2. The summed E-state index contributed by atoms with van der Waals surface area (Å²) in [5.74, 6) is 0.625. The molecule has 1 N–H and O–H groups in total. The van der Waals surface area contributed by atoms with Crippen molar-refractivity contribution in [3.8, 4) is 0 Å². The summed E-state index contributed by atoms with van der Waals surface area (Å²) in [7, 11) is 0. The van der Waals surface area contributed by atoms with E-state index < -0.39 is 0 Å². The van der Waals surface area contributed by atoms with Gasteiger partial charge in [0.15, 0.2) is 0 Å². The number of hydrogen-bond donors (Lipinski definition) is 1. The van der Waals surface area contributed by atoms with Crippen LogP contribution < -0.4 is 5.32 Å². The molecular weight excluding hydrogens is 253 g/mol. The Morgan fingerprint density at radius 1 is 1.30 bits per heavy atom. The molecule has 1 saturated carbocycles. The van der Waals surface area contributed by atoms with Gasteiger partial charge in [-0.15, -0.1) is 0 Å². The summed E-state index contributed by atoms with van der Waals surface area (Å²) >= 11 is 0. The molecule has 2 rings (SSSR count). The minimum atomic E-state index is -0.314. The number of halogens is 1. The molecule has 20 heavy (non-hydrogen) atoms. The predicted octanol–water partition coefficient (Wildman–Crippen LogP) is 4.76. The van der Waals surface area contributed by atoms with E-state index in [1.807, 2.05) is 0 Å². The zero-order chi connectivity index (χ0) is 14.4. The van der Waals surface area contributed by atoms with Crippen molar-refractivity contribution in [2.45, 2.75) is 51.9 Å². The van der Waals surface area contributed by atoms with Gasteiger partial charge in [0.25, 0.3) is 0 Å². The average molecular weight is 277 g/mol. The molecule has 1 aliphatic rings. The van der Waals surface area contributed by atoms with Crippen LogP contribution >= 0.6 is 0 Å². The topological polar surface area (TPSA) is 29.1 Å². The fraction of sp³-hybridized carbons (Fsp3) is 0.588. The van der Waals surface area contributed by atoms with Crippen molar-refractivity contribution in [2.24, 2.45) is 11.8 Å². The van der Waals surface area contributed by atoms with Crippen molar-refractivity contribution in [1.29, 1.82) is 0 Å². The van der Waals surface area contributed by atoms with E-state index in [0.717, 1.165) is 31.6 Å². The Balaban J connectivity index is 1.80. The molecule has 0 unspecified atom stereocenters. The van der Waals surface area contributed by atoms with Gasteiger partial charge < -0.3 is 5.32 Å². The first-order valence-corrected chi connectivity index (χ1v) is 7.75. The Labute approximate surface area is 120 Å². The fourth-order valence-electron chi connectivity index (χ4n) is 3.02. The van der Waals surface area contributed by atoms with Crippen LogP contribution in [0.4, 0.5) is 10.1 Å². The number of anilines is 1. The van der Waals surface area contributed by atoms with Gasteiger partial charge in [-0.25, -0.2) is 4.39 Å².